The molecule has 4 heteroatoms. The fraction of sp³-hybridized carbons (Fsp3) is 0. The van der Waals surface area contributed by atoms with Crippen LogP contribution in [0.5, 0.6) is 0 Å². The van der Waals surface area contributed by atoms with Crippen molar-refractivity contribution in [2.45, 2.75) is 0 Å². The van der Waals surface area contributed by atoms with Crippen LogP contribution in [0.2, 0.25) is 0 Å². The van der Waals surface area contributed by atoms with E-state index in [2.05, 4.69) is 6.07 Å². The summed E-state index contributed by atoms with van der Waals surface area (Å²) in [7, 11) is 0. The van der Waals surface area contributed by atoms with E-state index < -0.39 is 4.92 Å². The highest BCUT2D eigenvalue weighted by Crippen LogP contribution is 2.24. The molecule has 0 fully saturated rings. The van der Waals surface area contributed by atoms with Gasteiger partial charge in [0, 0.05) is 12.1 Å². The summed E-state index contributed by atoms with van der Waals surface area (Å²) in [5.74, 6) is 0. The van der Waals surface area contributed by atoms with Gasteiger partial charge in [0.1, 0.15) is 17.2 Å². The van der Waals surface area contributed by atoms with E-state index in [1.54, 1.807) is 12.1 Å². The lowest BCUT2D eigenvalue weighted by Crippen LogP contribution is -1.86. The van der Waals surface area contributed by atoms with E-state index in [0.717, 1.165) is 0 Å². The topological polar surface area (TPSA) is 56.3 Å². The smallest absolute Gasteiger partial charge is 0.281 e. The summed E-state index contributed by atoms with van der Waals surface area (Å²) in [6, 6.07) is 7.33. The Labute approximate surface area is 67.6 Å². The molecule has 1 aromatic carbocycles. The van der Waals surface area contributed by atoms with Crippen LogP contribution in [0, 0.1) is 16.2 Å². The molecule has 4 nitrogen and oxygen atoms in total. The van der Waals surface area contributed by atoms with Gasteiger partial charge in [0.05, 0.1) is 4.92 Å². The number of non-ortho nitro benzene ring substituents is 1. The maximum atomic E-state index is 10.5. The number of rotatable bonds is 1. The summed E-state index contributed by atoms with van der Waals surface area (Å²) in [6.07, 6.45) is 1.32. The number of furan rings is 1. The normalized spacial score (nSPS) is 10.3. The minimum absolute atomic E-state index is 0.0289. The van der Waals surface area contributed by atoms with Gasteiger partial charge in [-0.25, -0.2) is 0 Å². The molecule has 0 bridgehead atoms. The molecule has 1 aromatic heterocycles. The predicted molar refractivity (Wildman–Crippen MR) is 41.7 cm³/mol. The molecule has 0 saturated heterocycles. The first-order valence-electron chi connectivity index (χ1n) is 3.31. The van der Waals surface area contributed by atoms with Gasteiger partial charge in [-0.05, 0) is 6.07 Å². The van der Waals surface area contributed by atoms with E-state index in [1.165, 1.54) is 12.3 Å². The van der Waals surface area contributed by atoms with E-state index in [9.17, 15) is 10.1 Å². The number of fused-ring (bicyclic) bond motifs is 1. The zero-order valence-corrected chi connectivity index (χ0v) is 5.98. The van der Waals surface area contributed by atoms with Crippen LogP contribution in [0.25, 0.3) is 11.0 Å². The fourth-order valence-electron chi connectivity index (χ4n) is 1.07. The lowest BCUT2D eigenvalue weighted by molar-refractivity contribution is -0.383. The number of nitrogens with zero attached hydrogens (tertiary/aromatic N) is 1. The summed E-state index contributed by atoms with van der Waals surface area (Å²) in [5.41, 5.74) is 0.519. The van der Waals surface area contributed by atoms with Crippen LogP contribution < -0.4 is 0 Å². The summed E-state index contributed by atoms with van der Waals surface area (Å²) < 4.78 is 4.95. The van der Waals surface area contributed by atoms with Gasteiger partial charge < -0.3 is 4.42 Å². The summed E-state index contributed by atoms with van der Waals surface area (Å²) in [5, 5.41) is 10.9. The number of nitro groups is 1. The van der Waals surface area contributed by atoms with Crippen molar-refractivity contribution in [2.24, 2.45) is 0 Å². The molecule has 0 atom stereocenters. The first-order valence-corrected chi connectivity index (χ1v) is 3.31. The van der Waals surface area contributed by atoms with Crippen molar-refractivity contribution in [2.75, 3.05) is 0 Å². The summed E-state index contributed by atoms with van der Waals surface area (Å²) >= 11 is 0. The van der Waals surface area contributed by atoms with Gasteiger partial charge in [-0.3, -0.25) is 10.1 Å². The molecule has 0 aliphatic heterocycles. The van der Waals surface area contributed by atoms with Crippen LogP contribution in [0.15, 0.2) is 28.9 Å². The second-order valence-corrected chi connectivity index (χ2v) is 2.29. The van der Waals surface area contributed by atoms with Crippen LogP contribution in [0.4, 0.5) is 5.69 Å². The Morgan fingerprint density at radius 3 is 3.08 bits per heavy atom. The van der Waals surface area contributed by atoms with E-state index in [0.29, 0.717) is 11.0 Å². The first kappa shape index (κ1) is 6.84. The van der Waals surface area contributed by atoms with Crippen molar-refractivity contribution in [3.05, 3.63) is 40.6 Å². The van der Waals surface area contributed by atoms with Gasteiger partial charge in [0.15, 0.2) is 0 Å². The largest absolute Gasteiger partial charge is 0.463 e. The monoisotopic (exact) mass is 162 g/mol. The molecule has 59 valence electrons. The molecule has 0 amide bonds. The molecule has 1 radical (unpaired) electrons. The third-order valence-corrected chi connectivity index (χ3v) is 1.59. The third kappa shape index (κ3) is 0.852. The molecule has 0 unspecified atom stereocenters. The van der Waals surface area contributed by atoms with Gasteiger partial charge in [0.2, 0.25) is 0 Å². The standard InChI is InChI=1S/C8H4NO3/c10-9(11)7-2-1-3-8-6(7)4-5-12-8/h1-3,5H. The van der Waals surface area contributed by atoms with Crippen molar-refractivity contribution >= 4 is 16.7 Å². The van der Waals surface area contributed by atoms with Crippen LogP contribution in [-0.2, 0) is 0 Å². The van der Waals surface area contributed by atoms with Crippen molar-refractivity contribution in [1.29, 1.82) is 0 Å². The predicted octanol–water partition coefficient (Wildman–Crippen LogP) is 2.14. The Balaban J connectivity index is 2.82. The fourth-order valence-corrected chi connectivity index (χ4v) is 1.07. The lowest BCUT2D eigenvalue weighted by atomic mass is 10.2. The lowest BCUT2D eigenvalue weighted by Gasteiger charge is -1.90. The molecule has 0 spiro atoms. The molecular weight excluding hydrogens is 158 g/mol. The van der Waals surface area contributed by atoms with E-state index >= 15 is 0 Å². The van der Waals surface area contributed by atoms with E-state index in [-0.39, 0.29) is 5.69 Å². The third-order valence-electron chi connectivity index (χ3n) is 1.59. The maximum Gasteiger partial charge on any atom is 0.281 e. The minimum Gasteiger partial charge on any atom is -0.463 e. The zero-order chi connectivity index (χ0) is 8.55. The molecular formula is C8H4NO3. The Morgan fingerprint density at radius 2 is 2.33 bits per heavy atom. The maximum absolute atomic E-state index is 10.5. The average Bonchev–Trinajstić information content (AvgIpc) is 2.49. The quantitative estimate of drug-likeness (QED) is 0.476. The van der Waals surface area contributed by atoms with Crippen LogP contribution in [0.3, 0.4) is 0 Å². The average molecular weight is 162 g/mol. The van der Waals surface area contributed by atoms with Crippen molar-refractivity contribution in [1.82, 2.24) is 0 Å². The van der Waals surface area contributed by atoms with Gasteiger partial charge in [-0.15, -0.1) is 0 Å². The van der Waals surface area contributed by atoms with E-state index in [1.807, 2.05) is 0 Å². The highest BCUT2D eigenvalue weighted by molar-refractivity contribution is 5.85. The Bertz CT molecular complexity index is 433. The van der Waals surface area contributed by atoms with Crippen molar-refractivity contribution in [3.63, 3.8) is 0 Å². The van der Waals surface area contributed by atoms with Crippen LogP contribution >= 0.6 is 0 Å². The number of hydrogen-bond acceptors (Lipinski definition) is 3. The Hall–Kier alpha value is -1.84. The zero-order valence-electron chi connectivity index (χ0n) is 5.98. The minimum atomic E-state index is -0.450. The molecule has 12 heavy (non-hydrogen) atoms. The first-order chi connectivity index (χ1) is 5.79. The molecule has 0 aliphatic rings. The van der Waals surface area contributed by atoms with Crippen LogP contribution in [0.1, 0.15) is 0 Å². The number of hydrogen-bond donors (Lipinski definition) is 0. The Kier molecular flexibility index (Phi) is 1.33. The molecule has 0 saturated carbocycles. The molecule has 0 N–H and O–H groups in total. The number of nitro benzene ring substituents is 1. The summed E-state index contributed by atoms with van der Waals surface area (Å²) in [6.45, 7) is 0. The second-order valence-electron chi connectivity index (χ2n) is 2.29. The van der Waals surface area contributed by atoms with Gasteiger partial charge in [-0.1, -0.05) is 6.07 Å². The van der Waals surface area contributed by atoms with Crippen molar-refractivity contribution in [3.8, 4) is 0 Å². The van der Waals surface area contributed by atoms with E-state index in [4.69, 9.17) is 4.42 Å². The van der Waals surface area contributed by atoms with Gasteiger partial charge in [-0.2, -0.15) is 0 Å². The van der Waals surface area contributed by atoms with Crippen LogP contribution in [-0.4, -0.2) is 4.92 Å². The second kappa shape index (κ2) is 2.34. The van der Waals surface area contributed by atoms with Crippen molar-refractivity contribution < 1.29 is 9.34 Å². The van der Waals surface area contributed by atoms with Gasteiger partial charge >= 0.3 is 0 Å². The highest BCUT2D eigenvalue weighted by atomic mass is 16.6. The molecule has 2 aromatic rings. The van der Waals surface area contributed by atoms with Gasteiger partial charge in [0.25, 0.3) is 5.69 Å². The highest BCUT2D eigenvalue weighted by Gasteiger charge is 2.12. The molecule has 0 aliphatic carbocycles. The SMILES string of the molecule is O=[N+]([O-])c1cccc2oc[c]c12. The molecule has 2 rings (SSSR count). The number of benzene rings is 1. The Morgan fingerprint density at radius 1 is 1.50 bits per heavy atom. The molecule has 1 heterocycles. The summed E-state index contributed by atoms with van der Waals surface area (Å²) in [4.78, 5) is 10.0.